The molecule has 1 fully saturated rings. The fourth-order valence-electron chi connectivity index (χ4n) is 2.76. The van der Waals surface area contributed by atoms with Crippen molar-refractivity contribution in [1.29, 1.82) is 0 Å². The number of nitrogens with zero attached hydrogens (tertiary/aromatic N) is 2. The fraction of sp³-hybridized carbons (Fsp3) is 0.467. The van der Waals surface area contributed by atoms with E-state index in [1.807, 2.05) is 0 Å². The van der Waals surface area contributed by atoms with Crippen molar-refractivity contribution in [3.8, 4) is 0 Å². The standard InChI is InChI=1S/C15H19N3S/c1-14(2,3)18-12(16-17-13(18)19)15(9-10-15)11-7-5-4-6-8-11/h4-8H,9-10H2,1-3H3,(H,17,19). The van der Waals surface area contributed by atoms with Crippen molar-refractivity contribution in [2.24, 2.45) is 0 Å². The van der Waals surface area contributed by atoms with Gasteiger partial charge in [0.05, 0.1) is 5.41 Å². The van der Waals surface area contributed by atoms with Gasteiger partial charge in [-0.3, -0.25) is 9.67 Å². The summed E-state index contributed by atoms with van der Waals surface area (Å²) in [5.41, 5.74) is 1.35. The largest absolute Gasteiger partial charge is 0.298 e. The van der Waals surface area contributed by atoms with Crippen molar-refractivity contribution in [3.05, 3.63) is 46.5 Å². The molecule has 1 aliphatic carbocycles. The van der Waals surface area contributed by atoms with E-state index in [9.17, 15) is 0 Å². The van der Waals surface area contributed by atoms with Gasteiger partial charge in [0, 0.05) is 5.54 Å². The minimum Gasteiger partial charge on any atom is -0.298 e. The molecule has 19 heavy (non-hydrogen) atoms. The zero-order valence-corrected chi connectivity index (χ0v) is 12.4. The molecule has 0 bridgehead atoms. The van der Waals surface area contributed by atoms with Crippen molar-refractivity contribution in [3.63, 3.8) is 0 Å². The molecule has 1 aliphatic rings. The molecule has 2 aromatic rings. The summed E-state index contributed by atoms with van der Waals surface area (Å²) in [7, 11) is 0. The number of rotatable bonds is 2. The summed E-state index contributed by atoms with van der Waals surface area (Å²) in [5.74, 6) is 1.08. The van der Waals surface area contributed by atoms with E-state index in [1.165, 1.54) is 5.56 Å². The number of benzene rings is 1. The van der Waals surface area contributed by atoms with E-state index >= 15 is 0 Å². The highest BCUT2D eigenvalue weighted by atomic mass is 32.1. The van der Waals surface area contributed by atoms with Crippen LogP contribution in [0.2, 0.25) is 0 Å². The van der Waals surface area contributed by atoms with Gasteiger partial charge in [-0.2, -0.15) is 5.10 Å². The zero-order chi connectivity index (χ0) is 13.7. The molecule has 0 atom stereocenters. The van der Waals surface area contributed by atoms with Gasteiger partial charge < -0.3 is 0 Å². The summed E-state index contributed by atoms with van der Waals surface area (Å²) in [6.45, 7) is 6.51. The Kier molecular flexibility index (Phi) is 2.68. The Hall–Kier alpha value is -1.42. The Labute approximate surface area is 118 Å². The number of hydrogen-bond acceptors (Lipinski definition) is 2. The molecule has 1 aromatic heterocycles. The molecule has 3 nitrogen and oxygen atoms in total. The van der Waals surface area contributed by atoms with E-state index in [0.29, 0.717) is 4.77 Å². The second kappa shape index (κ2) is 4.04. The first-order valence-corrected chi connectivity index (χ1v) is 7.10. The van der Waals surface area contributed by atoms with E-state index in [1.54, 1.807) is 0 Å². The molecule has 1 aromatic carbocycles. The molecular formula is C15H19N3S. The van der Waals surface area contributed by atoms with Crippen LogP contribution < -0.4 is 0 Å². The molecule has 0 unspecified atom stereocenters. The number of H-pyrrole nitrogens is 1. The SMILES string of the molecule is CC(C)(C)n1c(C2(c3ccccc3)CC2)n[nH]c1=S. The van der Waals surface area contributed by atoms with E-state index in [-0.39, 0.29) is 11.0 Å². The van der Waals surface area contributed by atoms with Crippen LogP contribution in [0, 0.1) is 4.77 Å². The van der Waals surface area contributed by atoms with E-state index in [4.69, 9.17) is 12.2 Å². The van der Waals surface area contributed by atoms with Crippen LogP contribution in [0.25, 0.3) is 0 Å². The lowest BCUT2D eigenvalue weighted by Crippen LogP contribution is -2.28. The van der Waals surface area contributed by atoms with Gasteiger partial charge in [-0.15, -0.1) is 0 Å². The normalized spacial score (nSPS) is 17.4. The highest BCUT2D eigenvalue weighted by Crippen LogP contribution is 2.53. The van der Waals surface area contributed by atoms with Gasteiger partial charge in [0.25, 0.3) is 0 Å². The predicted octanol–water partition coefficient (Wildman–Crippen LogP) is 3.78. The van der Waals surface area contributed by atoms with Crippen LogP contribution in [-0.4, -0.2) is 14.8 Å². The van der Waals surface area contributed by atoms with Gasteiger partial charge in [0.15, 0.2) is 4.77 Å². The first kappa shape index (κ1) is 12.6. The average Bonchev–Trinajstić information content (AvgIpc) is 3.07. The summed E-state index contributed by atoms with van der Waals surface area (Å²) in [4.78, 5) is 0. The van der Waals surface area contributed by atoms with Gasteiger partial charge >= 0.3 is 0 Å². The van der Waals surface area contributed by atoms with E-state index in [0.717, 1.165) is 18.7 Å². The molecule has 0 radical (unpaired) electrons. The van der Waals surface area contributed by atoms with Crippen LogP contribution in [0.15, 0.2) is 30.3 Å². The second-order valence-electron chi connectivity index (χ2n) is 6.31. The van der Waals surface area contributed by atoms with Gasteiger partial charge in [0.1, 0.15) is 5.82 Å². The molecule has 100 valence electrons. The Morgan fingerprint density at radius 3 is 2.37 bits per heavy atom. The Morgan fingerprint density at radius 1 is 1.21 bits per heavy atom. The van der Waals surface area contributed by atoms with Crippen LogP contribution in [0.3, 0.4) is 0 Å². The average molecular weight is 273 g/mol. The predicted molar refractivity (Wildman–Crippen MR) is 78.9 cm³/mol. The number of aromatic amines is 1. The maximum Gasteiger partial charge on any atom is 0.195 e. The second-order valence-corrected chi connectivity index (χ2v) is 6.69. The molecule has 0 aliphatic heterocycles. The molecule has 0 spiro atoms. The van der Waals surface area contributed by atoms with Gasteiger partial charge in [-0.1, -0.05) is 30.3 Å². The van der Waals surface area contributed by atoms with Gasteiger partial charge in [-0.25, -0.2) is 0 Å². The minimum absolute atomic E-state index is 0.0518. The third kappa shape index (κ3) is 1.94. The Balaban J connectivity index is 2.17. The van der Waals surface area contributed by atoms with E-state index in [2.05, 4.69) is 65.9 Å². The van der Waals surface area contributed by atoms with Crippen LogP contribution in [0.4, 0.5) is 0 Å². The summed E-state index contributed by atoms with van der Waals surface area (Å²) in [6, 6.07) is 10.6. The molecule has 1 saturated carbocycles. The summed E-state index contributed by atoms with van der Waals surface area (Å²) < 4.78 is 2.88. The molecule has 3 rings (SSSR count). The molecule has 0 amide bonds. The summed E-state index contributed by atoms with van der Waals surface area (Å²) in [6.07, 6.45) is 2.29. The molecule has 4 heteroatoms. The Morgan fingerprint density at radius 2 is 1.84 bits per heavy atom. The molecule has 1 heterocycles. The number of nitrogens with one attached hydrogen (secondary N) is 1. The third-order valence-electron chi connectivity index (χ3n) is 3.85. The Bertz CT molecular complexity index is 642. The lowest BCUT2D eigenvalue weighted by molar-refractivity contribution is 0.370. The van der Waals surface area contributed by atoms with Crippen molar-refractivity contribution in [1.82, 2.24) is 14.8 Å². The maximum absolute atomic E-state index is 5.41. The fourth-order valence-corrected chi connectivity index (χ4v) is 3.17. The zero-order valence-electron chi connectivity index (χ0n) is 11.6. The number of aromatic nitrogens is 3. The summed E-state index contributed by atoms with van der Waals surface area (Å²) >= 11 is 5.41. The molecule has 0 saturated heterocycles. The first-order chi connectivity index (χ1) is 8.95. The van der Waals surface area contributed by atoms with Crippen molar-refractivity contribution in [2.75, 3.05) is 0 Å². The topological polar surface area (TPSA) is 33.6 Å². The van der Waals surface area contributed by atoms with Crippen LogP contribution in [-0.2, 0) is 11.0 Å². The monoisotopic (exact) mass is 273 g/mol. The van der Waals surface area contributed by atoms with Crippen LogP contribution in [0.5, 0.6) is 0 Å². The quantitative estimate of drug-likeness (QED) is 0.845. The first-order valence-electron chi connectivity index (χ1n) is 6.69. The van der Waals surface area contributed by atoms with Gasteiger partial charge in [0.2, 0.25) is 0 Å². The van der Waals surface area contributed by atoms with Gasteiger partial charge in [-0.05, 0) is 51.4 Å². The van der Waals surface area contributed by atoms with Crippen molar-refractivity contribution >= 4 is 12.2 Å². The maximum atomic E-state index is 5.41. The minimum atomic E-state index is -0.0518. The van der Waals surface area contributed by atoms with Crippen LogP contribution >= 0.6 is 12.2 Å². The molecule has 1 N–H and O–H groups in total. The number of hydrogen-bond donors (Lipinski definition) is 1. The highest BCUT2D eigenvalue weighted by molar-refractivity contribution is 7.71. The smallest absolute Gasteiger partial charge is 0.195 e. The van der Waals surface area contributed by atoms with Crippen molar-refractivity contribution in [2.45, 2.75) is 44.6 Å². The lowest BCUT2D eigenvalue weighted by Gasteiger charge is -2.26. The van der Waals surface area contributed by atoms with E-state index < -0.39 is 0 Å². The molecular weight excluding hydrogens is 254 g/mol. The summed E-state index contributed by atoms with van der Waals surface area (Å²) in [5, 5.41) is 7.51. The third-order valence-corrected chi connectivity index (χ3v) is 4.12. The van der Waals surface area contributed by atoms with Crippen LogP contribution in [0.1, 0.15) is 45.0 Å². The van der Waals surface area contributed by atoms with Crippen molar-refractivity contribution < 1.29 is 0 Å². The highest BCUT2D eigenvalue weighted by Gasteiger charge is 2.50. The lowest BCUT2D eigenvalue weighted by atomic mass is 9.94.